The molecule has 2 amide bonds. The number of nitrogens with two attached hydrogens (primary N) is 1. The molecule has 2 N–H and O–H groups in total. The summed E-state index contributed by atoms with van der Waals surface area (Å²) in [4.78, 5) is 28.4. The summed E-state index contributed by atoms with van der Waals surface area (Å²) in [5, 5.41) is 0. The normalized spacial score (nSPS) is 22.3. The predicted molar refractivity (Wildman–Crippen MR) is 107 cm³/mol. The lowest BCUT2D eigenvalue weighted by molar-refractivity contribution is -0.139. The molecule has 6 heteroatoms. The van der Waals surface area contributed by atoms with Crippen molar-refractivity contribution in [1.82, 2.24) is 9.80 Å². The molecule has 1 fully saturated rings. The van der Waals surface area contributed by atoms with Gasteiger partial charge >= 0.3 is 0 Å². The minimum Gasteiger partial charge on any atom is -0.345 e. The van der Waals surface area contributed by atoms with Crippen LogP contribution in [0.15, 0.2) is 24.3 Å². The third-order valence-electron chi connectivity index (χ3n) is 5.23. The highest BCUT2D eigenvalue weighted by Gasteiger charge is 2.39. The second kappa shape index (κ2) is 9.38. The number of nitrogens with zero attached hydrogens (tertiary/aromatic N) is 2. The number of benzene rings is 1. The van der Waals surface area contributed by atoms with Gasteiger partial charge in [0.15, 0.2) is 0 Å². The Morgan fingerprint density at radius 1 is 1.19 bits per heavy atom. The van der Waals surface area contributed by atoms with Gasteiger partial charge in [-0.25, -0.2) is 0 Å². The average Bonchev–Trinajstić information content (AvgIpc) is 2.58. The lowest BCUT2D eigenvalue weighted by Gasteiger charge is -2.39. The second-order valence-electron chi connectivity index (χ2n) is 7.55. The van der Waals surface area contributed by atoms with Crippen molar-refractivity contribution in [3.8, 4) is 0 Å². The number of halogens is 1. The van der Waals surface area contributed by atoms with Crippen LogP contribution in [0.25, 0.3) is 0 Å². The van der Waals surface area contributed by atoms with Crippen molar-refractivity contribution < 1.29 is 9.59 Å². The molecule has 0 saturated heterocycles. The maximum atomic E-state index is 13.0. The van der Waals surface area contributed by atoms with Gasteiger partial charge in [0, 0.05) is 38.3 Å². The summed E-state index contributed by atoms with van der Waals surface area (Å²) < 4.78 is 0. The molecule has 26 heavy (non-hydrogen) atoms. The molecule has 1 aromatic rings. The Morgan fingerprint density at radius 3 is 2.31 bits per heavy atom. The van der Waals surface area contributed by atoms with E-state index in [9.17, 15) is 9.59 Å². The molecule has 146 valence electrons. The zero-order valence-corrected chi connectivity index (χ0v) is 17.1. The van der Waals surface area contributed by atoms with Crippen LogP contribution < -0.4 is 5.73 Å². The Kier molecular flexibility index (Phi) is 8.10. The summed E-state index contributed by atoms with van der Waals surface area (Å²) in [5.74, 6) is 0.0347. The molecule has 1 aliphatic carbocycles. The number of amides is 2. The minimum atomic E-state index is -0.412. The first-order valence-corrected chi connectivity index (χ1v) is 9.14. The average molecular weight is 382 g/mol. The van der Waals surface area contributed by atoms with Gasteiger partial charge in [0.25, 0.3) is 5.91 Å². The topological polar surface area (TPSA) is 66.6 Å². The molecule has 1 aliphatic rings. The molecule has 0 aliphatic heterocycles. The number of hydrogen-bond acceptors (Lipinski definition) is 3. The third kappa shape index (κ3) is 5.21. The van der Waals surface area contributed by atoms with Crippen molar-refractivity contribution in [2.24, 2.45) is 11.7 Å². The van der Waals surface area contributed by atoms with Crippen LogP contribution in [0.2, 0.25) is 0 Å². The van der Waals surface area contributed by atoms with Crippen LogP contribution in [0.3, 0.4) is 0 Å². The lowest BCUT2D eigenvalue weighted by Crippen LogP contribution is -2.53. The van der Waals surface area contributed by atoms with Crippen molar-refractivity contribution in [2.45, 2.75) is 51.6 Å². The van der Waals surface area contributed by atoms with Crippen LogP contribution in [0.1, 0.15) is 55.5 Å². The molecule has 0 radical (unpaired) electrons. The summed E-state index contributed by atoms with van der Waals surface area (Å²) >= 11 is 0. The van der Waals surface area contributed by atoms with Gasteiger partial charge in [-0.05, 0) is 44.4 Å². The molecule has 5 nitrogen and oxygen atoms in total. The minimum absolute atomic E-state index is 0. The van der Waals surface area contributed by atoms with E-state index in [-0.39, 0.29) is 30.1 Å². The zero-order valence-electron chi connectivity index (χ0n) is 16.3. The zero-order chi connectivity index (χ0) is 18.6. The Labute approximate surface area is 163 Å². The predicted octanol–water partition coefficient (Wildman–Crippen LogP) is 3.07. The highest BCUT2D eigenvalue weighted by molar-refractivity contribution is 5.93. The summed E-state index contributed by atoms with van der Waals surface area (Å²) in [6.07, 6.45) is 3.95. The molecule has 0 heterocycles. The first kappa shape index (κ1) is 22.5. The highest BCUT2D eigenvalue weighted by Crippen LogP contribution is 2.33. The van der Waals surface area contributed by atoms with E-state index >= 15 is 0 Å². The largest absolute Gasteiger partial charge is 0.345 e. The summed E-state index contributed by atoms with van der Waals surface area (Å²) in [7, 11) is 3.48. The maximum absolute atomic E-state index is 13.0. The second-order valence-corrected chi connectivity index (χ2v) is 7.55. The molecule has 0 bridgehead atoms. The monoisotopic (exact) mass is 381 g/mol. The smallest absolute Gasteiger partial charge is 0.253 e. The Balaban J connectivity index is 0.00000338. The van der Waals surface area contributed by atoms with Crippen LogP contribution in [0.5, 0.6) is 0 Å². The summed E-state index contributed by atoms with van der Waals surface area (Å²) in [6, 6.07) is 7.50. The van der Waals surface area contributed by atoms with Gasteiger partial charge < -0.3 is 15.5 Å². The van der Waals surface area contributed by atoms with Gasteiger partial charge in [0.2, 0.25) is 5.91 Å². The lowest BCUT2D eigenvalue weighted by atomic mass is 9.74. The van der Waals surface area contributed by atoms with Crippen LogP contribution in [0, 0.1) is 5.92 Å². The number of carbonyl (C=O) groups is 2. The fourth-order valence-corrected chi connectivity index (χ4v) is 3.56. The van der Waals surface area contributed by atoms with Crippen molar-refractivity contribution in [2.75, 3.05) is 20.6 Å². The van der Waals surface area contributed by atoms with Gasteiger partial charge in [-0.3, -0.25) is 9.59 Å². The van der Waals surface area contributed by atoms with Crippen molar-refractivity contribution >= 4 is 24.2 Å². The SMILES string of the molecule is CCN(Cc1ccc(C(=O)N(C)C)cc1)C(=O)C1CCCCC1(C)N.Cl. The number of rotatable bonds is 5. The quantitative estimate of drug-likeness (QED) is 0.852. The number of carbonyl (C=O) groups excluding carboxylic acids is 2. The maximum Gasteiger partial charge on any atom is 0.253 e. The van der Waals surface area contributed by atoms with E-state index in [1.54, 1.807) is 19.0 Å². The van der Waals surface area contributed by atoms with E-state index in [4.69, 9.17) is 5.73 Å². The number of hydrogen-bond donors (Lipinski definition) is 1. The van der Waals surface area contributed by atoms with E-state index in [0.717, 1.165) is 31.2 Å². The van der Waals surface area contributed by atoms with E-state index in [0.29, 0.717) is 18.7 Å². The van der Waals surface area contributed by atoms with Crippen molar-refractivity contribution in [1.29, 1.82) is 0 Å². The molecular weight excluding hydrogens is 350 g/mol. The van der Waals surface area contributed by atoms with Gasteiger partial charge in [0.1, 0.15) is 0 Å². The Hall–Kier alpha value is -1.59. The molecular formula is C20H32ClN3O2. The van der Waals surface area contributed by atoms with Gasteiger partial charge in [-0.15, -0.1) is 12.4 Å². The molecule has 0 aromatic heterocycles. The van der Waals surface area contributed by atoms with Crippen LogP contribution in [0.4, 0.5) is 0 Å². The van der Waals surface area contributed by atoms with E-state index < -0.39 is 5.54 Å². The summed E-state index contributed by atoms with van der Waals surface area (Å²) in [6.45, 7) is 5.21. The van der Waals surface area contributed by atoms with E-state index in [1.165, 1.54) is 0 Å². The Morgan fingerprint density at radius 2 is 1.81 bits per heavy atom. The molecule has 2 atom stereocenters. The van der Waals surface area contributed by atoms with Crippen molar-refractivity contribution in [3.05, 3.63) is 35.4 Å². The molecule has 2 unspecified atom stereocenters. The third-order valence-corrected chi connectivity index (χ3v) is 5.23. The highest BCUT2D eigenvalue weighted by atomic mass is 35.5. The molecule has 1 aromatic carbocycles. The van der Waals surface area contributed by atoms with E-state index in [2.05, 4.69) is 0 Å². The van der Waals surface area contributed by atoms with Gasteiger partial charge in [-0.2, -0.15) is 0 Å². The fraction of sp³-hybridized carbons (Fsp3) is 0.600. The molecule has 1 saturated carbocycles. The molecule has 0 spiro atoms. The first-order valence-electron chi connectivity index (χ1n) is 9.14. The van der Waals surface area contributed by atoms with Crippen LogP contribution in [-0.2, 0) is 11.3 Å². The fourth-order valence-electron chi connectivity index (χ4n) is 3.56. The van der Waals surface area contributed by atoms with Crippen LogP contribution >= 0.6 is 12.4 Å². The van der Waals surface area contributed by atoms with Crippen molar-refractivity contribution in [3.63, 3.8) is 0 Å². The van der Waals surface area contributed by atoms with Crippen LogP contribution in [-0.4, -0.2) is 47.8 Å². The summed E-state index contributed by atoms with van der Waals surface area (Å²) in [5.41, 5.74) is 7.67. The first-order chi connectivity index (χ1) is 11.8. The van der Waals surface area contributed by atoms with Gasteiger partial charge in [-0.1, -0.05) is 25.0 Å². The standard InChI is InChI=1S/C20H31N3O2.ClH/c1-5-23(19(25)17-8-6-7-13-20(17,2)21)14-15-9-11-16(12-10-15)18(24)22(3)4;/h9-12,17H,5-8,13-14,21H2,1-4H3;1H. The molecule has 2 rings (SSSR count). The Bertz CT molecular complexity index is 614. The van der Waals surface area contributed by atoms with Gasteiger partial charge in [0.05, 0.1) is 5.92 Å². The van der Waals surface area contributed by atoms with E-state index in [1.807, 2.05) is 43.0 Å².